The Morgan fingerprint density at radius 3 is 2.37 bits per heavy atom. The number of aromatic nitrogens is 2. The number of ether oxygens (including phenoxy) is 3. The molecule has 3 rings (SSSR count). The van der Waals surface area contributed by atoms with Gasteiger partial charge in [0.1, 0.15) is 11.4 Å². The molecule has 0 aliphatic heterocycles. The number of anilines is 2. The van der Waals surface area contributed by atoms with Crippen molar-refractivity contribution in [2.24, 2.45) is 0 Å². The Kier molecular flexibility index (Phi) is 7.92. The van der Waals surface area contributed by atoms with Crippen LogP contribution in [0.25, 0.3) is 0 Å². The van der Waals surface area contributed by atoms with Gasteiger partial charge in [-0.25, -0.2) is 9.59 Å². The van der Waals surface area contributed by atoms with Crippen LogP contribution >= 0.6 is 0 Å². The van der Waals surface area contributed by atoms with E-state index in [1.54, 1.807) is 43.3 Å². The van der Waals surface area contributed by atoms with Crippen molar-refractivity contribution in [2.75, 3.05) is 38.0 Å². The largest absolute Gasteiger partial charge is 0.493 e. The quantitative estimate of drug-likeness (QED) is 0.435. The standard InChI is InChI=1S/C24H26N4O7/c1-4-27(18(29)14-35-23(31)16-11-8-12-17(33-2)20(16)34-3)19-21(25)28(24(32)26-22(19)30)13-15-9-6-5-7-10-15/h5-12H,4,13-14,25H2,1-3H3,(H,26,30,32). The van der Waals surface area contributed by atoms with Crippen LogP contribution in [0.15, 0.2) is 58.1 Å². The Bertz CT molecular complexity index is 1330. The molecule has 0 bridgehead atoms. The van der Waals surface area contributed by atoms with Gasteiger partial charge in [-0.05, 0) is 24.6 Å². The number of methoxy groups -OCH3 is 2. The van der Waals surface area contributed by atoms with E-state index in [1.165, 1.54) is 20.3 Å². The predicted octanol–water partition coefficient (Wildman–Crippen LogP) is 1.39. The lowest BCUT2D eigenvalue weighted by atomic mass is 10.2. The molecule has 0 radical (unpaired) electrons. The fourth-order valence-electron chi connectivity index (χ4n) is 3.55. The summed E-state index contributed by atoms with van der Waals surface area (Å²) in [6.45, 7) is 1.07. The molecule has 1 amide bonds. The second-order valence-corrected chi connectivity index (χ2v) is 7.32. The number of benzene rings is 2. The maximum Gasteiger partial charge on any atom is 0.342 e. The molecule has 1 heterocycles. The lowest BCUT2D eigenvalue weighted by Crippen LogP contribution is -2.42. The number of amides is 1. The predicted molar refractivity (Wildman–Crippen MR) is 129 cm³/mol. The molecule has 2 aromatic carbocycles. The molecule has 0 atom stereocenters. The van der Waals surface area contributed by atoms with Crippen LogP contribution < -0.4 is 31.4 Å². The number of nitrogens with one attached hydrogen (secondary N) is 1. The number of esters is 1. The summed E-state index contributed by atoms with van der Waals surface area (Å²) in [5.74, 6) is -1.22. The third-order valence-electron chi connectivity index (χ3n) is 5.23. The zero-order chi connectivity index (χ0) is 25.5. The van der Waals surface area contributed by atoms with Gasteiger partial charge >= 0.3 is 11.7 Å². The van der Waals surface area contributed by atoms with Crippen LogP contribution in [0.3, 0.4) is 0 Å². The number of aromatic amines is 1. The molecular formula is C24H26N4O7. The molecule has 184 valence electrons. The number of likely N-dealkylation sites (N-methyl/N-ethyl adjacent to an activating group) is 1. The number of carbonyl (C=O) groups excluding carboxylic acids is 2. The summed E-state index contributed by atoms with van der Waals surface area (Å²) in [6, 6.07) is 13.7. The van der Waals surface area contributed by atoms with Gasteiger partial charge < -0.3 is 24.8 Å². The molecule has 1 aromatic heterocycles. The van der Waals surface area contributed by atoms with Crippen molar-refractivity contribution in [3.05, 3.63) is 80.5 Å². The highest BCUT2D eigenvalue weighted by atomic mass is 16.5. The number of nitrogens with zero attached hydrogens (tertiary/aromatic N) is 2. The average molecular weight is 482 g/mol. The van der Waals surface area contributed by atoms with Crippen molar-refractivity contribution in [2.45, 2.75) is 13.5 Å². The summed E-state index contributed by atoms with van der Waals surface area (Å²) < 4.78 is 16.7. The van der Waals surface area contributed by atoms with Gasteiger partial charge in [-0.2, -0.15) is 0 Å². The van der Waals surface area contributed by atoms with E-state index in [0.717, 1.165) is 15.0 Å². The van der Waals surface area contributed by atoms with Crippen LogP contribution in [0.2, 0.25) is 0 Å². The van der Waals surface area contributed by atoms with Crippen molar-refractivity contribution in [3.8, 4) is 11.5 Å². The zero-order valence-electron chi connectivity index (χ0n) is 19.6. The summed E-state index contributed by atoms with van der Waals surface area (Å²) in [6.07, 6.45) is 0. The second-order valence-electron chi connectivity index (χ2n) is 7.32. The third-order valence-corrected chi connectivity index (χ3v) is 5.23. The Morgan fingerprint density at radius 1 is 1.03 bits per heavy atom. The molecule has 0 unspecified atom stereocenters. The van der Waals surface area contributed by atoms with Crippen LogP contribution in [0, 0.1) is 0 Å². The van der Waals surface area contributed by atoms with Crippen molar-refractivity contribution in [1.29, 1.82) is 0 Å². The Balaban J connectivity index is 1.85. The van der Waals surface area contributed by atoms with E-state index < -0.39 is 29.7 Å². The molecule has 0 saturated heterocycles. The lowest BCUT2D eigenvalue weighted by molar-refractivity contribution is -0.121. The van der Waals surface area contributed by atoms with E-state index >= 15 is 0 Å². The van der Waals surface area contributed by atoms with E-state index in [2.05, 4.69) is 4.98 Å². The summed E-state index contributed by atoms with van der Waals surface area (Å²) in [7, 11) is 2.80. The van der Waals surface area contributed by atoms with E-state index in [0.29, 0.717) is 5.75 Å². The normalized spacial score (nSPS) is 10.5. The van der Waals surface area contributed by atoms with Crippen molar-refractivity contribution < 1.29 is 23.8 Å². The smallest absolute Gasteiger partial charge is 0.342 e. The van der Waals surface area contributed by atoms with Gasteiger partial charge in [0.15, 0.2) is 23.8 Å². The van der Waals surface area contributed by atoms with Gasteiger partial charge in [0.05, 0.1) is 20.8 Å². The topological polar surface area (TPSA) is 146 Å². The number of carbonyl (C=O) groups is 2. The fraction of sp³-hybridized carbons (Fsp3) is 0.250. The maximum atomic E-state index is 12.9. The molecule has 0 saturated carbocycles. The average Bonchev–Trinajstić information content (AvgIpc) is 2.87. The number of nitrogen functional groups attached to an aromatic ring is 1. The molecule has 35 heavy (non-hydrogen) atoms. The van der Waals surface area contributed by atoms with E-state index in [-0.39, 0.29) is 35.9 Å². The van der Waals surface area contributed by atoms with Crippen molar-refractivity contribution in [1.82, 2.24) is 9.55 Å². The Labute approximate surface area is 200 Å². The molecule has 3 N–H and O–H groups in total. The minimum Gasteiger partial charge on any atom is -0.493 e. The molecule has 0 spiro atoms. The number of rotatable bonds is 9. The summed E-state index contributed by atoms with van der Waals surface area (Å²) in [5.41, 5.74) is 5.27. The minimum absolute atomic E-state index is 0.0374. The van der Waals surface area contributed by atoms with Gasteiger partial charge in [0.2, 0.25) is 0 Å². The molecule has 11 nitrogen and oxygen atoms in total. The van der Waals surface area contributed by atoms with Crippen LogP contribution in [-0.2, 0) is 16.1 Å². The monoisotopic (exact) mass is 482 g/mol. The van der Waals surface area contributed by atoms with Gasteiger partial charge in [-0.3, -0.25) is 19.1 Å². The number of para-hydroxylation sites is 1. The maximum absolute atomic E-state index is 12.9. The van der Waals surface area contributed by atoms with Gasteiger partial charge in [0.25, 0.3) is 11.5 Å². The highest BCUT2D eigenvalue weighted by molar-refractivity contribution is 5.99. The molecule has 0 fully saturated rings. The van der Waals surface area contributed by atoms with Gasteiger partial charge in [0, 0.05) is 6.54 Å². The van der Waals surface area contributed by atoms with Crippen molar-refractivity contribution in [3.63, 3.8) is 0 Å². The number of hydrogen-bond donors (Lipinski definition) is 2. The molecule has 3 aromatic rings. The van der Waals surface area contributed by atoms with Gasteiger partial charge in [-0.15, -0.1) is 0 Å². The fourth-order valence-corrected chi connectivity index (χ4v) is 3.55. The van der Waals surface area contributed by atoms with Crippen LogP contribution in [-0.4, -0.2) is 48.8 Å². The first kappa shape index (κ1) is 25.1. The van der Waals surface area contributed by atoms with Crippen LogP contribution in [0.1, 0.15) is 22.8 Å². The Hall–Kier alpha value is -4.54. The first-order valence-electron chi connectivity index (χ1n) is 10.7. The second kappa shape index (κ2) is 11.1. The lowest BCUT2D eigenvalue weighted by Gasteiger charge is -2.23. The van der Waals surface area contributed by atoms with Gasteiger partial charge in [-0.1, -0.05) is 36.4 Å². The molecular weight excluding hydrogens is 456 g/mol. The van der Waals surface area contributed by atoms with Crippen LogP contribution in [0.5, 0.6) is 11.5 Å². The highest BCUT2D eigenvalue weighted by Crippen LogP contribution is 2.31. The zero-order valence-corrected chi connectivity index (χ0v) is 19.6. The van der Waals surface area contributed by atoms with E-state index in [1.807, 2.05) is 6.07 Å². The first-order valence-corrected chi connectivity index (χ1v) is 10.7. The number of nitrogens with two attached hydrogens (primary N) is 1. The summed E-state index contributed by atoms with van der Waals surface area (Å²) in [4.78, 5) is 53.8. The Morgan fingerprint density at radius 2 is 1.74 bits per heavy atom. The minimum atomic E-state index is -0.826. The first-order chi connectivity index (χ1) is 16.8. The molecule has 11 heteroatoms. The van der Waals surface area contributed by atoms with Crippen LogP contribution in [0.4, 0.5) is 11.5 Å². The SMILES string of the molecule is CCN(C(=O)COC(=O)c1cccc(OC)c1OC)c1c(N)n(Cc2ccccc2)c(=O)[nH]c1=O. The third kappa shape index (κ3) is 5.35. The number of hydrogen-bond acceptors (Lipinski definition) is 8. The highest BCUT2D eigenvalue weighted by Gasteiger charge is 2.25. The summed E-state index contributed by atoms with van der Waals surface area (Å²) in [5, 5.41) is 0. The molecule has 0 aliphatic carbocycles. The van der Waals surface area contributed by atoms with Crippen molar-refractivity contribution >= 4 is 23.4 Å². The summed E-state index contributed by atoms with van der Waals surface area (Å²) >= 11 is 0. The van der Waals surface area contributed by atoms with E-state index in [4.69, 9.17) is 19.9 Å². The number of H-pyrrole nitrogens is 1. The molecule has 0 aliphatic rings. The van der Waals surface area contributed by atoms with E-state index in [9.17, 15) is 19.2 Å².